The van der Waals surface area contributed by atoms with Crippen LogP contribution in [0.3, 0.4) is 0 Å². The first kappa shape index (κ1) is 18.1. The molecule has 0 spiro atoms. The molecule has 0 saturated heterocycles. The molecule has 2 rings (SSSR count). The van der Waals surface area contributed by atoms with Crippen LogP contribution in [-0.4, -0.2) is 24.4 Å². The van der Waals surface area contributed by atoms with Crippen molar-refractivity contribution in [2.75, 3.05) is 13.6 Å². The van der Waals surface area contributed by atoms with Gasteiger partial charge in [-0.15, -0.1) is 0 Å². The minimum Gasteiger partial charge on any atom is -0.351 e. The second kappa shape index (κ2) is 8.60. The van der Waals surface area contributed by atoms with Crippen LogP contribution < -0.4 is 5.32 Å². The van der Waals surface area contributed by atoms with Crippen LogP contribution in [0.5, 0.6) is 0 Å². The van der Waals surface area contributed by atoms with Gasteiger partial charge in [0, 0.05) is 13.1 Å². The summed E-state index contributed by atoms with van der Waals surface area (Å²) in [6.07, 6.45) is 0. The summed E-state index contributed by atoms with van der Waals surface area (Å²) in [7, 11) is 1.92. The Morgan fingerprint density at radius 2 is 1.62 bits per heavy atom. The van der Waals surface area contributed by atoms with Gasteiger partial charge in [-0.05, 0) is 41.8 Å². The van der Waals surface area contributed by atoms with Crippen molar-refractivity contribution in [1.29, 1.82) is 0 Å². The van der Waals surface area contributed by atoms with Crippen molar-refractivity contribution >= 4 is 5.91 Å². The SMILES string of the molecule is CC(C)c1ccc(CN(C)CC(=O)NCc2ccc(F)cc2)cc1. The van der Waals surface area contributed by atoms with Gasteiger partial charge in [0.15, 0.2) is 0 Å². The number of hydrogen-bond acceptors (Lipinski definition) is 2. The summed E-state index contributed by atoms with van der Waals surface area (Å²) in [5.41, 5.74) is 3.39. The number of likely N-dealkylation sites (N-methyl/N-ethyl adjacent to an activating group) is 1. The van der Waals surface area contributed by atoms with Gasteiger partial charge in [0.25, 0.3) is 0 Å². The molecule has 0 heterocycles. The molecule has 0 aliphatic carbocycles. The monoisotopic (exact) mass is 328 g/mol. The third-order valence-corrected chi connectivity index (χ3v) is 3.92. The number of nitrogens with one attached hydrogen (secondary N) is 1. The maximum atomic E-state index is 12.8. The Balaban J connectivity index is 1.77. The molecule has 24 heavy (non-hydrogen) atoms. The lowest BCUT2D eigenvalue weighted by Crippen LogP contribution is -2.34. The standard InChI is InChI=1S/C20H25FN2O/c1-15(2)18-8-4-17(5-9-18)13-23(3)14-20(24)22-12-16-6-10-19(21)11-7-16/h4-11,15H,12-14H2,1-3H3,(H,22,24). The predicted molar refractivity (Wildman–Crippen MR) is 95.1 cm³/mol. The molecule has 3 nitrogen and oxygen atoms in total. The number of carbonyl (C=O) groups is 1. The lowest BCUT2D eigenvalue weighted by molar-refractivity contribution is -0.122. The van der Waals surface area contributed by atoms with Gasteiger partial charge in [0.05, 0.1) is 6.54 Å². The summed E-state index contributed by atoms with van der Waals surface area (Å²) in [4.78, 5) is 14.0. The van der Waals surface area contributed by atoms with E-state index in [1.807, 2.05) is 11.9 Å². The topological polar surface area (TPSA) is 32.3 Å². The molecule has 0 saturated carbocycles. The predicted octanol–water partition coefficient (Wildman–Crippen LogP) is 3.70. The first-order valence-corrected chi connectivity index (χ1v) is 8.22. The van der Waals surface area contributed by atoms with Crippen LogP contribution in [0, 0.1) is 5.82 Å². The average Bonchev–Trinajstić information content (AvgIpc) is 2.54. The van der Waals surface area contributed by atoms with E-state index in [4.69, 9.17) is 0 Å². The fraction of sp³-hybridized carbons (Fsp3) is 0.350. The molecule has 0 bridgehead atoms. The van der Waals surface area contributed by atoms with E-state index in [-0.39, 0.29) is 11.7 Å². The Bertz CT molecular complexity index is 650. The van der Waals surface area contributed by atoms with Gasteiger partial charge in [0.2, 0.25) is 5.91 Å². The van der Waals surface area contributed by atoms with Crippen molar-refractivity contribution < 1.29 is 9.18 Å². The van der Waals surface area contributed by atoms with E-state index in [1.165, 1.54) is 23.3 Å². The average molecular weight is 328 g/mol. The third-order valence-electron chi connectivity index (χ3n) is 3.92. The first-order valence-electron chi connectivity index (χ1n) is 8.22. The van der Waals surface area contributed by atoms with Crippen LogP contribution in [0.2, 0.25) is 0 Å². The molecule has 2 aromatic carbocycles. The number of hydrogen-bond donors (Lipinski definition) is 1. The smallest absolute Gasteiger partial charge is 0.234 e. The quantitative estimate of drug-likeness (QED) is 0.840. The largest absolute Gasteiger partial charge is 0.351 e. The summed E-state index contributed by atoms with van der Waals surface area (Å²) >= 11 is 0. The van der Waals surface area contributed by atoms with Crippen LogP contribution in [0.15, 0.2) is 48.5 Å². The fourth-order valence-electron chi connectivity index (χ4n) is 2.48. The van der Waals surface area contributed by atoms with Crippen molar-refractivity contribution in [3.63, 3.8) is 0 Å². The molecule has 0 aromatic heterocycles. The molecule has 4 heteroatoms. The van der Waals surface area contributed by atoms with Gasteiger partial charge in [-0.2, -0.15) is 0 Å². The van der Waals surface area contributed by atoms with Crippen LogP contribution in [0.25, 0.3) is 0 Å². The summed E-state index contributed by atoms with van der Waals surface area (Å²) in [5, 5.41) is 2.86. The Labute approximate surface area is 143 Å². The van der Waals surface area contributed by atoms with Gasteiger partial charge in [0.1, 0.15) is 5.82 Å². The normalized spacial score (nSPS) is 11.1. The van der Waals surface area contributed by atoms with E-state index < -0.39 is 0 Å². The second-order valence-corrected chi connectivity index (χ2v) is 6.47. The molecule has 1 amide bonds. The summed E-state index contributed by atoms with van der Waals surface area (Å²) in [5.74, 6) is 0.211. The van der Waals surface area contributed by atoms with Crippen molar-refractivity contribution in [1.82, 2.24) is 10.2 Å². The number of halogens is 1. The highest BCUT2D eigenvalue weighted by atomic mass is 19.1. The van der Waals surface area contributed by atoms with E-state index in [2.05, 4.69) is 43.4 Å². The molecule has 1 N–H and O–H groups in total. The van der Waals surface area contributed by atoms with Crippen molar-refractivity contribution in [2.45, 2.75) is 32.9 Å². The minimum absolute atomic E-state index is 0.0411. The molecular formula is C20H25FN2O. The Kier molecular flexibility index (Phi) is 6.50. The Morgan fingerprint density at radius 3 is 2.21 bits per heavy atom. The number of nitrogens with zero attached hydrogens (tertiary/aromatic N) is 1. The Morgan fingerprint density at radius 1 is 1.04 bits per heavy atom. The van der Waals surface area contributed by atoms with Crippen LogP contribution >= 0.6 is 0 Å². The molecule has 128 valence electrons. The van der Waals surface area contributed by atoms with E-state index in [0.717, 1.165) is 12.1 Å². The highest BCUT2D eigenvalue weighted by molar-refractivity contribution is 5.77. The van der Waals surface area contributed by atoms with Crippen molar-refractivity contribution in [3.05, 3.63) is 71.0 Å². The second-order valence-electron chi connectivity index (χ2n) is 6.47. The van der Waals surface area contributed by atoms with Gasteiger partial charge in [-0.3, -0.25) is 9.69 Å². The summed E-state index contributed by atoms with van der Waals surface area (Å²) < 4.78 is 12.8. The fourth-order valence-corrected chi connectivity index (χ4v) is 2.48. The maximum Gasteiger partial charge on any atom is 0.234 e. The van der Waals surface area contributed by atoms with Gasteiger partial charge < -0.3 is 5.32 Å². The van der Waals surface area contributed by atoms with Gasteiger partial charge in [-0.1, -0.05) is 50.2 Å². The highest BCUT2D eigenvalue weighted by Gasteiger charge is 2.08. The molecule has 0 aliphatic rings. The zero-order valence-electron chi connectivity index (χ0n) is 14.6. The number of amides is 1. The number of benzene rings is 2. The number of carbonyl (C=O) groups excluding carboxylic acids is 1. The number of rotatable bonds is 7. The maximum absolute atomic E-state index is 12.8. The molecule has 0 unspecified atom stereocenters. The third kappa shape index (κ3) is 5.78. The van der Waals surface area contributed by atoms with Gasteiger partial charge >= 0.3 is 0 Å². The lowest BCUT2D eigenvalue weighted by Gasteiger charge is -2.17. The first-order chi connectivity index (χ1) is 11.4. The molecular weight excluding hydrogens is 303 g/mol. The molecule has 0 radical (unpaired) electrons. The van der Waals surface area contributed by atoms with Crippen LogP contribution in [0.4, 0.5) is 4.39 Å². The van der Waals surface area contributed by atoms with E-state index in [0.29, 0.717) is 19.0 Å². The molecule has 0 aliphatic heterocycles. The zero-order valence-corrected chi connectivity index (χ0v) is 14.6. The van der Waals surface area contributed by atoms with Crippen LogP contribution in [-0.2, 0) is 17.9 Å². The van der Waals surface area contributed by atoms with Crippen LogP contribution in [0.1, 0.15) is 36.5 Å². The van der Waals surface area contributed by atoms with Crippen molar-refractivity contribution in [2.24, 2.45) is 0 Å². The minimum atomic E-state index is -0.270. The van der Waals surface area contributed by atoms with E-state index in [1.54, 1.807) is 12.1 Å². The zero-order chi connectivity index (χ0) is 17.5. The molecule has 0 fully saturated rings. The molecule has 2 aromatic rings. The van der Waals surface area contributed by atoms with Crippen molar-refractivity contribution in [3.8, 4) is 0 Å². The Hall–Kier alpha value is -2.20. The van der Waals surface area contributed by atoms with Gasteiger partial charge in [-0.25, -0.2) is 4.39 Å². The van der Waals surface area contributed by atoms with E-state index >= 15 is 0 Å². The lowest BCUT2D eigenvalue weighted by atomic mass is 10.0. The summed E-state index contributed by atoms with van der Waals surface area (Å²) in [6, 6.07) is 14.7. The summed E-state index contributed by atoms with van der Waals surface area (Å²) in [6.45, 7) is 5.81. The molecule has 0 atom stereocenters. The van der Waals surface area contributed by atoms with E-state index in [9.17, 15) is 9.18 Å². The highest BCUT2D eigenvalue weighted by Crippen LogP contribution is 2.15.